The summed E-state index contributed by atoms with van der Waals surface area (Å²) in [7, 11) is 0. The van der Waals surface area contributed by atoms with Crippen molar-refractivity contribution in [1.82, 2.24) is 14.8 Å². The van der Waals surface area contributed by atoms with E-state index in [1.165, 1.54) is 0 Å². The third-order valence-electron chi connectivity index (χ3n) is 2.94. The first-order chi connectivity index (χ1) is 9.02. The lowest BCUT2D eigenvalue weighted by molar-refractivity contribution is 0.516. The number of hydrogen-bond acceptors (Lipinski definition) is 2. The molecule has 1 aromatic carbocycles. The van der Waals surface area contributed by atoms with Crippen LogP contribution in [-0.2, 0) is 11.9 Å². The summed E-state index contributed by atoms with van der Waals surface area (Å²) in [6.45, 7) is 7.34. The molecule has 3 nitrogen and oxygen atoms in total. The molecule has 0 aliphatic heterocycles. The smallest absolute Gasteiger partial charge is 0.164 e. The highest BCUT2D eigenvalue weighted by Crippen LogP contribution is 2.27. The fraction of sp³-hybridized carbons (Fsp3) is 0.429. The van der Waals surface area contributed by atoms with E-state index in [-0.39, 0.29) is 0 Å². The maximum absolute atomic E-state index is 6.10. The Balaban J connectivity index is 2.55. The lowest BCUT2D eigenvalue weighted by atomic mass is 10.1. The van der Waals surface area contributed by atoms with E-state index in [2.05, 4.69) is 51.5 Å². The van der Waals surface area contributed by atoms with Crippen molar-refractivity contribution in [2.45, 2.75) is 32.6 Å². The van der Waals surface area contributed by atoms with Gasteiger partial charge in [0.2, 0.25) is 0 Å². The van der Waals surface area contributed by atoms with Gasteiger partial charge in [0.05, 0.1) is 5.33 Å². The Morgan fingerprint density at radius 2 is 2.05 bits per heavy atom. The van der Waals surface area contributed by atoms with E-state index >= 15 is 0 Å². The van der Waals surface area contributed by atoms with E-state index in [9.17, 15) is 0 Å². The van der Waals surface area contributed by atoms with Crippen LogP contribution in [0.3, 0.4) is 0 Å². The van der Waals surface area contributed by atoms with Crippen LogP contribution in [0.15, 0.2) is 18.2 Å². The number of hydrogen-bond donors (Lipinski definition) is 0. The van der Waals surface area contributed by atoms with Crippen LogP contribution in [0.2, 0.25) is 5.02 Å². The quantitative estimate of drug-likeness (QED) is 0.768. The Morgan fingerprint density at radius 3 is 2.68 bits per heavy atom. The summed E-state index contributed by atoms with van der Waals surface area (Å²) < 4.78 is 2.16. The minimum Gasteiger partial charge on any atom is -0.310 e. The first-order valence-electron chi connectivity index (χ1n) is 6.27. The van der Waals surface area contributed by atoms with Crippen molar-refractivity contribution in [2.24, 2.45) is 5.92 Å². The highest BCUT2D eigenvalue weighted by atomic mass is 79.9. The molecule has 0 saturated heterocycles. The van der Waals surface area contributed by atoms with Crippen LogP contribution in [0.5, 0.6) is 0 Å². The minimum atomic E-state index is 0.534. The van der Waals surface area contributed by atoms with Gasteiger partial charge in [0, 0.05) is 17.1 Å². The molecule has 19 heavy (non-hydrogen) atoms. The van der Waals surface area contributed by atoms with Gasteiger partial charge in [-0.3, -0.25) is 0 Å². The lowest BCUT2D eigenvalue weighted by Gasteiger charge is -2.13. The van der Waals surface area contributed by atoms with Crippen molar-refractivity contribution in [3.05, 3.63) is 34.6 Å². The second kappa shape index (κ2) is 6.06. The summed E-state index contributed by atoms with van der Waals surface area (Å²) in [4.78, 5) is 0. The van der Waals surface area contributed by atoms with Crippen LogP contribution in [0.25, 0.3) is 11.4 Å². The number of rotatable bonds is 4. The molecule has 0 fully saturated rings. The maximum Gasteiger partial charge on any atom is 0.164 e. The predicted octanol–water partition coefficient (Wildman–Crippen LogP) is 4.46. The largest absolute Gasteiger partial charge is 0.310 e. The van der Waals surface area contributed by atoms with Gasteiger partial charge in [-0.25, -0.2) is 0 Å². The predicted molar refractivity (Wildman–Crippen MR) is 82.7 cm³/mol. The second-order valence-electron chi connectivity index (χ2n) is 5.04. The summed E-state index contributed by atoms with van der Waals surface area (Å²) in [5.74, 6) is 2.37. The van der Waals surface area contributed by atoms with Crippen molar-refractivity contribution < 1.29 is 0 Å². The van der Waals surface area contributed by atoms with Gasteiger partial charge >= 0.3 is 0 Å². The number of halogens is 2. The molecule has 2 rings (SSSR count). The van der Waals surface area contributed by atoms with Gasteiger partial charge in [-0.1, -0.05) is 47.4 Å². The van der Waals surface area contributed by atoms with E-state index in [0.29, 0.717) is 11.2 Å². The third-order valence-corrected chi connectivity index (χ3v) is 3.67. The van der Waals surface area contributed by atoms with Crippen molar-refractivity contribution in [3.63, 3.8) is 0 Å². The molecule has 5 heteroatoms. The number of nitrogens with zero attached hydrogens (tertiary/aromatic N) is 3. The lowest BCUT2D eigenvalue weighted by Crippen LogP contribution is -2.09. The normalized spacial score (nSPS) is 11.3. The molecule has 2 aromatic rings. The SMILES string of the molecule is Cc1ccc(Cl)cc1-c1nnc(CBr)n1CC(C)C. The van der Waals surface area contributed by atoms with Crippen molar-refractivity contribution >= 4 is 27.5 Å². The zero-order chi connectivity index (χ0) is 14.0. The highest BCUT2D eigenvalue weighted by Gasteiger charge is 2.15. The van der Waals surface area contributed by atoms with Gasteiger partial charge in [-0.05, 0) is 30.5 Å². The molecule has 0 saturated carbocycles. The standard InChI is InChI=1S/C14H17BrClN3/c1-9(2)8-19-13(7-15)17-18-14(19)12-6-11(16)5-4-10(12)3/h4-6,9H,7-8H2,1-3H3. The molecule has 0 unspecified atom stereocenters. The number of aromatic nitrogens is 3. The molecule has 0 amide bonds. The van der Waals surface area contributed by atoms with Crippen LogP contribution < -0.4 is 0 Å². The van der Waals surface area contributed by atoms with E-state index in [1.54, 1.807) is 0 Å². The van der Waals surface area contributed by atoms with Crippen LogP contribution >= 0.6 is 27.5 Å². The van der Waals surface area contributed by atoms with Gasteiger partial charge in [-0.2, -0.15) is 0 Å². The first-order valence-corrected chi connectivity index (χ1v) is 7.77. The van der Waals surface area contributed by atoms with Gasteiger partial charge < -0.3 is 4.57 Å². The molecule has 0 atom stereocenters. The average molecular weight is 343 g/mol. The summed E-state index contributed by atoms with van der Waals surface area (Å²) in [5, 5.41) is 10.0. The molecular formula is C14H17BrClN3. The van der Waals surface area contributed by atoms with Crippen molar-refractivity contribution in [2.75, 3.05) is 0 Å². The van der Waals surface area contributed by atoms with Gasteiger partial charge in [0.15, 0.2) is 5.82 Å². The van der Waals surface area contributed by atoms with Gasteiger partial charge in [0.1, 0.15) is 5.82 Å². The minimum absolute atomic E-state index is 0.534. The second-order valence-corrected chi connectivity index (χ2v) is 6.03. The van der Waals surface area contributed by atoms with Crippen LogP contribution in [0.4, 0.5) is 0 Å². The maximum atomic E-state index is 6.10. The molecule has 0 radical (unpaired) electrons. The van der Waals surface area contributed by atoms with Gasteiger partial charge in [-0.15, -0.1) is 10.2 Å². The van der Waals surface area contributed by atoms with E-state index in [4.69, 9.17) is 11.6 Å². The fourth-order valence-corrected chi connectivity index (χ4v) is 2.61. The van der Waals surface area contributed by atoms with Gasteiger partial charge in [0.25, 0.3) is 0 Å². The molecular weight excluding hydrogens is 326 g/mol. The summed E-state index contributed by atoms with van der Waals surface area (Å²) in [6, 6.07) is 5.87. The average Bonchev–Trinajstić information content (AvgIpc) is 2.74. The van der Waals surface area contributed by atoms with Crippen LogP contribution in [0, 0.1) is 12.8 Å². The Hall–Kier alpha value is -0.870. The Morgan fingerprint density at radius 1 is 1.32 bits per heavy atom. The van der Waals surface area contributed by atoms with E-state index in [1.807, 2.05) is 18.2 Å². The number of aryl methyl sites for hydroxylation is 1. The summed E-state index contributed by atoms with van der Waals surface area (Å²) in [5.41, 5.74) is 2.20. The van der Waals surface area contributed by atoms with E-state index < -0.39 is 0 Å². The summed E-state index contributed by atoms with van der Waals surface area (Å²) >= 11 is 9.57. The summed E-state index contributed by atoms with van der Waals surface area (Å²) in [6.07, 6.45) is 0. The number of alkyl halides is 1. The highest BCUT2D eigenvalue weighted by molar-refractivity contribution is 9.08. The monoisotopic (exact) mass is 341 g/mol. The zero-order valence-corrected chi connectivity index (χ0v) is 13.7. The molecule has 102 valence electrons. The molecule has 1 heterocycles. The topological polar surface area (TPSA) is 30.7 Å². The first kappa shape index (κ1) is 14.5. The molecule has 0 aliphatic rings. The molecule has 0 spiro atoms. The Labute approximate surface area is 127 Å². The molecule has 0 aliphatic carbocycles. The Kier molecular flexibility index (Phi) is 4.63. The molecule has 0 N–H and O–H groups in total. The fourth-order valence-electron chi connectivity index (χ4n) is 2.03. The third kappa shape index (κ3) is 3.18. The molecule has 1 aromatic heterocycles. The zero-order valence-electron chi connectivity index (χ0n) is 11.3. The Bertz CT molecular complexity index is 578. The molecule has 0 bridgehead atoms. The van der Waals surface area contributed by atoms with Crippen LogP contribution in [-0.4, -0.2) is 14.8 Å². The van der Waals surface area contributed by atoms with E-state index in [0.717, 1.165) is 34.3 Å². The van der Waals surface area contributed by atoms with Crippen LogP contribution in [0.1, 0.15) is 25.2 Å². The van der Waals surface area contributed by atoms with Crippen molar-refractivity contribution in [1.29, 1.82) is 0 Å². The van der Waals surface area contributed by atoms with Crippen molar-refractivity contribution in [3.8, 4) is 11.4 Å². The number of benzene rings is 1.